The molecule has 0 bridgehead atoms. The van der Waals surface area contributed by atoms with Crippen LogP contribution in [0.4, 0.5) is 5.95 Å². The normalized spacial score (nSPS) is 12.7. The van der Waals surface area contributed by atoms with Crippen molar-refractivity contribution in [2.75, 3.05) is 19.0 Å². The quantitative estimate of drug-likeness (QED) is 0.655. The fourth-order valence-electron chi connectivity index (χ4n) is 1.54. The van der Waals surface area contributed by atoms with Gasteiger partial charge in [-0.3, -0.25) is 0 Å². The first-order chi connectivity index (χ1) is 8.61. The Bertz CT molecular complexity index is 566. The van der Waals surface area contributed by atoms with Crippen molar-refractivity contribution in [2.24, 2.45) is 0 Å². The van der Waals surface area contributed by atoms with E-state index in [0.717, 1.165) is 14.5 Å². The average Bonchev–Trinajstić information content (AvgIpc) is 2.34. The van der Waals surface area contributed by atoms with Crippen LogP contribution in [0.25, 0.3) is 10.9 Å². The summed E-state index contributed by atoms with van der Waals surface area (Å²) < 4.78 is 6.00. The smallest absolute Gasteiger partial charge is 0.223 e. The van der Waals surface area contributed by atoms with Gasteiger partial charge in [0, 0.05) is 25.5 Å². The van der Waals surface area contributed by atoms with Crippen LogP contribution in [0.15, 0.2) is 12.4 Å². The van der Waals surface area contributed by atoms with Crippen molar-refractivity contribution >= 4 is 51.0 Å². The molecule has 2 rings (SSSR count). The van der Waals surface area contributed by atoms with E-state index >= 15 is 0 Å². The van der Waals surface area contributed by atoms with Crippen LogP contribution in [0.1, 0.15) is 6.92 Å². The lowest BCUT2D eigenvalue weighted by Gasteiger charge is -2.13. The summed E-state index contributed by atoms with van der Waals surface area (Å²) in [5, 5.41) is 4.34. The van der Waals surface area contributed by atoms with Gasteiger partial charge in [-0.05, 0) is 29.5 Å². The van der Waals surface area contributed by atoms with Crippen LogP contribution in [0.2, 0.25) is 5.15 Å². The predicted molar refractivity (Wildman–Crippen MR) is 80.0 cm³/mol. The van der Waals surface area contributed by atoms with Crippen LogP contribution in [-0.2, 0) is 4.74 Å². The number of halogens is 2. The Kier molecular flexibility index (Phi) is 4.52. The van der Waals surface area contributed by atoms with E-state index in [0.29, 0.717) is 17.7 Å². The summed E-state index contributed by atoms with van der Waals surface area (Å²) in [5.41, 5.74) is 0.803. The molecule has 0 aliphatic rings. The molecule has 0 aromatic carbocycles. The van der Waals surface area contributed by atoms with Gasteiger partial charge in [0.2, 0.25) is 5.95 Å². The molecule has 0 amide bonds. The largest absolute Gasteiger partial charge is 0.383 e. The Morgan fingerprint density at radius 1 is 1.44 bits per heavy atom. The molecule has 1 N–H and O–H groups in total. The molecular formula is C11H12ClIN4O. The van der Waals surface area contributed by atoms with Crippen LogP contribution < -0.4 is 5.32 Å². The van der Waals surface area contributed by atoms with Crippen molar-refractivity contribution in [3.8, 4) is 0 Å². The van der Waals surface area contributed by atoms with E-state index in [1.54, 1.807) is 19.5 Å². The maximum absolute atomic E-state index is 6.00. The van der Waals surface area contributed by atoms with Crippen molar-refractivity contribution < 1.29 is 4.74 Å². The second-order valence-electron chi connectivity index (χ2n) is 3.85. The highest BCUT2D eigenvalue weighted by atomic mass is 127. The molecule has 1 unspecified atom stereocenters. The van der Waals surface area contributed by atoms with E-state index in [9.17, 15) is 0 Å². The van der Waals surface area contributed by atoms with Crippen LogP contribution in [-0.4, -0.2) is 34.7 Å². The molecule has 0 fully saturated rings. The minimum absolute atomic E-state index is 0.141. The average molecular weight is 379 g/mol. The molecular weight excluding hydrogens is 367 g/mol. The number of nitrogens with zero attached hydrogens (tertiary/aromatic N) is 3. The van der Waals surface area contributed by atoms with E-state index in [1.807, 2.05) is 6.92 Å². The van der Waals surface area contributed by atoms with Gasteiger partial charge in [-0.2, -0.15) is 0 Å². The first-order valence-electron chi connectivity index (χ1n) is 5.34. The van der Waals surface area contributed by atoms with Crippen LogP contribution in [0.3, 0.4) is 0 Å². The number of anilines is 1. The number of rotatable bonds is 4. The molecule has 1 atom stereocenters. The van der Waals surface area contributed by atoms with Gasteiger partial charge < -0.3 is 10.1 Å². The summed E-state index contributed by atoms with van der Waals surface area (Å²) >= 11 is 8.18. The number of methoxy groups -OCH3 is 1. The molecule has 7 heteroatoms. The molecule has 0 saturated carbocycles. The summed E-state index contributed by atoms with van der Waals surface area (Å²) in [6.07, 6.45) is 3.38. The molecule has 2 aromatic heterocycles. The molecule has 0 saturated heterocycles. The fourth-order valence-corrected chi connectivity index (χ4v) is 2.28. The van der Waals surface area contributed by atoms with Crippen molar-refractivity contribution in [3.63, 3.8) is 0 Å². The number of nitrogens with one attached hydrogen (secondary N) is 1. The number of hydrogen-bond donors (Lipinski definition) is 1. The van der Waals surface area contributed by atoms with E-state index in [4.69, 9.17) is 16.3 Å². The summed E-state index contributed by atoms with van der Waals surface area (Å²) in [6.45, 7) is 2.59. The van der Waals surface area contributed by atoms with Gasteiger partial charge >= 0.3 is 0 Å². The number of ether oxygens (including phenoxy) is 1. The lowest BCUT2D eigenvalue weighted by atomic mass is 10.3. The maximum Gasteiger partial charge on any atom is 0.223 e. The van der Waals surface area contributed by atoms with Gasteiger partial charge in [-0.15, -0.1) is 0 Å². The Morgan fingerprint density at radius 2 is 2.22 bits per heavy atom. The molecule has 0 aliphatic carbocycles. The Hall–Kier alpha value is -0.730. The maximum atomic E-state index is 6.00. The third-order valence-corrected chi connectivity index (χ3v) is 3.41. The molecule has 0 spiro atoms. The highest BCUT2D eigenvalue weighted by Gasteiger charge is 2.09. The van der Waals surface area contributed by atoms with Gasteiger partial charge in [-0.25, -0.2) is 15.0 Å². The van der Waals surface area contributed by atoms with E-state index < -0.39 is 0 Å². The van der Waals surface area contributed by atoms with Crippen molar-refractivity contribution in [1.29, 1.82) is 0 Å². The van der Waals surface area contributed by atoms with Crippen LogP contribution in [0, 0.1) is 3.57 Å². The Morgan fingerprint density at radius 3 is 2.94 bits per heavy atom. The monoisotopic (exact) mass is 378 g/mol. The SMILES string of the molecule is COCC(C)Nc1ncc2c(Cl)ncc(I)c2n1. The predicted octanol–water partition coefficient (Wildman–Crippen LogP) is 2.73. The zero-order chi connectivity index (χ0) is 13.1. The molecule has 5 nitrogen and oxygen atoms in total. The third-order valence-electron chi connectivity index (χ3n) is 2.32. The Labute approximate surface area is 123 Å². The van der Waals surface area contributed by atoms with Crippen molar-refractivity contribution in [1.82, 2.24) is 15.0 Å². The van der Waals surface area contributed by atoms with Crippen molar-refractivity contribution in [3.05, 3.63) is 21.1 Å². The standard InChI is InChI=1S/C11H12ClIN4O/c1-6(5-18-2)16-11-15-3-7-9(17-11)8(13)4-14-10(7)12/h3-4,6H,5H2,1-2H3,(H,15,16,17). The molecule has 2 heterocycles. The van der Waals surface area contributed by atoms with Gasteiger partial charge in [-0.1, -0.05) is 11.6 Å². The lowest BCUT2D eigenvalue weighted by molar-refractivity contribution is 0.190. The highest BCUT2D eigenvalue weighted by Crippen LogP contribution is 2.24. The van der Waals surface area contributed by atoms with Gasteiger partial charge in [0.05, 0.1) is 21.1 Å². The summed E-state index contributed by atoms with van der Waals surface area (Å²) in [6, 6.07) is 0.141. The fraction of sp³-hybridized carbons (Fsp3) is 0.364. The van der Waals surface area contributed by atoms with Gasteiger partial charge in [0.25, 0.3) is 0 Å². The number of hydrogen-bond acceptors (Lipinski definition) is 5. The van der Waals surface area contributed by atoms with E-state index in [2.05, 4.69) is 42.9 Å². The first kappa shape index (κ1) is 13.7. The highest BCUT2D eigenvalue weighted by molar-refractivity contribution is 14.1. The third kappa shape index (κ3) is 2.99. The molecule has 0 aliphatic heterocycles. The zero-order valence-corrected chi connectivity index (χ0v) is 12.9. The second kappa shape index (κ2) is 5.94. The lowest BCUT2D eigenvalue weighted by Crippen LogP contribution is -2.22. The molecule has 18 heavy (non-hydrogen) atoms. The van der Waals surface area contributed by atoms with Crippen LogP contribution in [0.5, 0.6) is 0 Å². The summed E-state index contributed by atoms with van der Waals surface area (Å²) in [7, 11) is 1.66. The Balaban J connectivity index is 2.35. The zero-order valence-electron chi connectivity index (χ0n) is 9.94. The summed E-state index contributed by atoms with van der Waals surface area (Å²) in [5.74, 6) is 0.562. The topological polar surface area (TPSA) is 59.9 Å². The molecule has 96 valence electrons. The van der Waals surface area contributed by atoms with Crippen molar-refractivity contribution in [2.45, 2.75) is 13.0 Å². The summed E-state index contributed by atoms with van der Waals surface area (Å²) in [4.78, 5) is 12.7. The molecule has 0 radical (unpaired) electrons. The second-order valence-corrected chi connectivity index (χ2v) is 5.37. The number of aromatic nitrogens is 3. The molecule has 2 aromatic rings. The minimum Gasteiger partial charge on any atom is -0.383 e. The van der Waals surface area contributed by atoms with Gasteiger partial charge in [0.1, 0.15) is 5.15 Å². The first-order valence-corrected chi connectivity index (χ1v) is 6.79. The number of pyridine rings is 1. The van der Waals surface area contributed by atoms with E-state index in [-0.39, 0.29) is 6.04 Å². The number of fused-ring (bicyclic) bond motifs is 1. The van der Waals surface area contributed by atoms with E-state index in [1.165, 1.54) is 0 Å². The van der Waals surface area contributed by atoms with Crippen LogP contribution >= 0.6 is 34.2 Å². The van der Waals surface area contributed by atoms with Gasteiger partial charge in [0.15, 0.2) is 0 Å². The minimum atomic E-state index is 0.141.